The first-order valence-corrected chi connectivity index (χ1v) is 17.8. The number of benzene rings is 4. The smallest absolute Gasteiger partial charge is 0.223 e. The molecule has 2 saturated heterocycles. The molecule has 270 valence electrons. The van der Waals surface area contributed by atoms with Gasteiger partial charge in [-0.1, -0.05) is 136 Å². The molecule has 0 radical (unpaired) electrons. The first-order valence-electron chi connectivity index (χ1n) is 17.8. The SMILES string of the molecule is C.C.NC1[C@H](CCc2ccccc2)COC[C@@H]1CCc1ccccc1.O=[N+]([O-])C1[C@H](CCc2ccccc2)COC[C@@H]1CCc1ccccc1. The van der Waals surface area contributed by atoms with Crippen molar-refractivity contribution >= 4 is 0 Å². The number of nitro groups is 1. The van der Waals surface area contributed by atoms with E-state index in [2.05, 4.69) is 84.9 Å². The van der Waals surface area contributed by atoms with Crippen LogP contribution in [0.15, 0.2) is 121 Å². The van der Waals surface area contributed by atoms with Gasteiger partial charge < -0.3 is 15.2 Å². The van der Waals surface area contributed by atoms with Gasteiger partial charge in [-0.05, 0) is 85.5 Å². The highest BCUT2D eigenvalue weighted by Gasteiger charge is 2.42. The molecule has 0 bridgehead atoms. The second-order valence-corrected chi connectivity index (χ2v) is 13.6. The summed E-state index contributed by atoms with van der Waals surface area (Å²) in [6, 6.07) is 41.5. The minimum absolute atomic E-state index is 0. The van der Waals surface area contributed by atoms with Crippen molar-refractivity contribution < 1.29 is 14.4 Å². The normalized spacial score (nSPS) is 22.9. The fourth-order valence-electron chi connectivity index (χ4n) is 7.32. The Bertz CT molecular complexity index is 1350. The van der Waals surface area contributed by atoms with Gasteiger partial charge in [-0.25, -0.2) is 0 Å². The lowest BCUT2D eigenvalue weighted by Crippen LogP contribution is -2.46. The lowest BCUT2D eigenvalue weighted by Gasteiger charge is -2.36. The van der Waals surface area contributed by atoms with Crippen LogP contribution in [0.25, 0.3) is 0 Å². The Balaban J connectivity index is 0.000000261. The number of ether oxygens (including phenoxy) is 2. The second-order valence-electron chi connectivity index (χ2n) is 13.6. The molecule has 2 heterocycles. The predicted molar refractivity (Wildman–Crippen MR) is 207 cm³/mol. The highest BCUT2D eigenvalue weighted by molar-refractivity contribution is 5.17. The molecule has 6 heteroatoms. The van der Waals surface area contributed by atoms with Crippen LogP contribution in [0.2, 0.25) is 0 Å². The Morgan fingerprint density at radius 2 is 0.760 bits per heavy atom. The quantitative estimate of drug-likeness (QED) is 0.112. The Morgan fingerprint density at radius 1 is 0.500 bits per heavy atom. The van der Waals surface area contributed by atoms with E-state index in [0.717, 1.165) is 64.6 Å². The van der Waals surface area contributed by atoms with Gasteiger partial charge in [0.1, 0.15) is 0 Å². The topological polar surface area (TPSA) is 87.6 Å². The third-order valence-corrected chi connectivity index (χ3v) is 10.2. The van der Waals surface area contributed by atoms with Crippen LogP contribution in [0.1, 0.15) is 62.8 Å². The van der Waals surface area contributed by atoms with Gasteiger partial charge in [-0.15, -0.1) is 0 Å². The molecule has 2 aliphatic rings. The Hall–Kier alpha value is -3.84. The molecule has 2 N–H and O–H groups in total. The van der Waals surface area contributed by atoms with Crippen LogP contribution in [0.4, 0.5) is 0 Å². The fourth-order valence-corrected chi connectivity index (χ4v) is 7.32. The third-order valence-electron chi connectivity index (χ3n) is 10.2. The molecule has 0 amide bonds. The van der Waals surface area contributed by atoms with Crippen LogP contribution < -0.4 is 5.73 Å². The molecule has 4 aromatic rings. The van der Waals surface area contributed by atoms with E-state index in [0.29, 0.717) is 25.0 Å². The molecule has 6 atom stereocenters. The standard InChI is InChI=1S/C21H25NO3.C21H27NO.2CH4/c23-22(24)21-19(13-11-17-7-3-1-4-8-17)15-25-16-20(21)14-12-18-9-5-2-6-10-18;22-21-19(13-11-17-7-3-1-4-8-17)15-23-16-20(21)14-12-18-9-5-2-6-10-18;;/h1-10,19-21H,11-16H2;1-10,19-21H,11-16,22H2;2*1H4/t2*19-,20+,21?;;. The van der Waals surface area contributed by atoms with Crippen molar-refractivity contribution in [1.29, 1.82) is 0 Å². The summed E-state index contributed by atoms with van der Waals surface area (Å²) in [5.41, 5.74) is 11.8. The highest BCUT2D eigenvalue weighted by Crippen LogP contribution is 2.30. The average Bonchev–Trinajstić information content (AvgIpc) is 3.14. The maximum atomic E-state index is 11.7. The number of nitrogens with zero attached hydrogens (tertiary/aromatic N) is 1. The molecular weight excluding hydrogens is 620 g/mol. The van der Waals surface area contributed by atoms with Crippen molar-refractivity contribution in [3.63, 3.8) is 0 Å². The first-order chi connectivity index (χ1) is 23.6. The minimum atomic E-state index is -0.499. The van der Waals surface area contributed by atoms with E-state index in [-0.39, 0.29) is 37.7 Å². The third kappa shape index (κ3) is 12.8. The molecule has 0 saturated carbocycles. The molecule has 2 aliphatic heterocycles. The molecule has 0 aliphatic carbocycles. The number of hydrogen-bond acceptors (Lipinski definition) is 5. The maximum Gasteiger partial charge on any atom is 0.223 e. The molecule has 2 unspecified atom stereocenters. The monoisotopic (exact) mass is 680 g/mol. The molecule has 6 rings (SSSR count). The molecule has 0 spiro atoms. The summed E-state index contributed by atoms with van der Waals surface area (Å²) in [4.78, 5) is 11.7. The van der Waals surface area contributed by atoms with Gasteiger partial charge >= 0.3 is 0 Å². The highest BCUT2D eigenvalue weighted by atomic mass is 16.6. The second kappa shape index (κ2) is 22.1. The molecule has 6 nitrogen and oxygen atoms in total. The van der Waals surface area contributed by atoms with Crippen LogP contribution in [0.3, 0.4) is 0 Å². The van der Waals surface area contributed by atoms with Crippen molar-refractivity contribution in [3.05, 3.63) is 154 Å². The maximum absolute atomic E-state index is 11.7. The van der Waals surface area contributed by atoms with Gasteiger partial charge in [0.15, 0.2) is 0 Å². The Kier molecular flexibility index (Phi) is 17.9. The molecule has 2 fully saturated rings. The van der Waals surface area contributed by atoms with Crippen LogP contribution in [0.5, 0.6) is 0 Å². The fraction of sp³-hybridized carbons (Fsp3) is 0.455. The van der Waals surface area contributed by atoms with E-state index in [1.54, 1.807) is 0 Å². The van der Waals surface area contributed by atoms with Gasteiger partial charge in [0.25, 0.3) is 0 Å². The van der Waals surface area contributed by atoms with E-state index < -0.39 is 6.04 Å². The predicted octanol–water partition coefficient (Wildman–Crippen LogP) is 9.27. The largest absolute Gasteiger partial charge is 0.381 e. The van der Waals surface area contributed by atoms with Gasteiger partial charge in [-0.3, -0.25) is 10.1 Å². The van der Waals surface area contributed by atoms with Crippen LogP contribution in [-0.2, 0) is 35.2 Å². The minimum Gasteiger partial charge on any atom is -0.381 e. The number of aryl methyl sites for hydroxylation is 4. The van der Waals surface area contributed by atoms with Gasteiger partial charge in [0.05, 0.1) is 38.3 Å². The van der Waals surface area contributed by atoms with Crippen LogP contribution >= 0.6 is 0 Å². The zero-order chi connectivity index (χ0) is 33.4. The van der Waals surface area contributed by atoms with E-state index in [9.17, 15) is 10.1 Å². The van der Waals surface area contributed by atoms with E-state index >= 15 is 0 Å². The van der Waals surface area contributed by atoms with Crippen LogP contribution in [-0.4, -0.2) is 43.4 Å². The van der Waals surface area contributed by atoms with E-state index in [4.69, 9.17) is 15.2 Å². The molecule has 4 aromatic carbocycles. The number of rotatable bonds is 13. The summed E-state index contributed by atoms with van der Waals surface area (Å²) in [6.45, 7) is 2.63. The van der Waals surface area contributed by atoms with Gasteiger partial charge in [-0.2, -0.15) is 0 Å². The van der Waals surface area contributed by atoms with Crippen molar-refractivity contribution in [1.82, 2.24) is 0 Å². The Morgan fingerprint density at radius 3 is 1.04 bits per heavy atom. The van der Waals surface area contributed by atoms with Gasteiger partial charge in [0, 0.05) is 11.0 Å². The number of hydrogen-bond donors (Lipinski definition) is 1. The first kappa shape index (κ1) is 40.6. The lowest BCUT2D eigenvalue weighted by molar-refractivity contribution is -0.549. The zero-order valence-electron chi connectivity index (χ0n) is 28.2. The van der Waals surface area contributed by atoms with E-state index in [1.165, 1.54) is 22.3 Å². The summed E-state index contributed by atoms with van der Waals surface area (Å²) in [7, 11) is 0. The number of nitrogens with two attached hydrogens (primary N) is 1. The molecule has 0 aromatic heterocycles. The van der Waals surface area contributed by atoms with Crippen molar-refractivity contribution in [2.45, 2.75) is 78.3 Å². The van der Waals surface area contributed by atoms with Crippen LogP contribution in [0, 0.1) is 33.8 Å². The zero-order valence-corrected chi connectivity index (χ0v) is 28.2. The van der Waals surface area contributed by atoms with Crippen molar-refractivity contribution in [2.24, 2.45) is 29.4 Å². The molecular formula is C44H60N2O4. The van der Waals surface area contributed by atoms with E-state index in [1.807, 2.05) is 36.4 Å². The van der Waals surface area contributed by atoms with Crippen molar-refractivity contribution in [3.8, 4) is 0 Å². The average molecular weight is 681 g/mol. The summed E-state index contributed by atoms with van der Waals surface area (Å²) in [6.07, 6.45) is 7.76. The molecule has 50 heavy (non-hydrogen) atoms. The summed E-state index contributed by atoms with van der Waals surface area (Å²) in [5.74, 6) is 0.934. The van der Waals surface area contributed by atoms with Gasteiger partial charge in [0.2, 0.25) is 6.04 Å². The summed E-state index contributed by atoms with van der Waals surface area (Å²) >= 11 is 0. The van der Waals surface area contributed by atoms with Crippen molar-refractivity contribution in [2.75, 3.05) is 26.4 Å². The Labute approximate surface area is 301 Å². The lowest BCUT2D eigenvalue weighted by atomic mass is 9.81. The summed E-state index contributed by atoms with van der Waals surface area (Å²) in [5, 5.41) is 11.7. The summed E-state index contributed by atoms with van der Waals surface area (Å²) < 4.78 is 11.6.